The largest absolute Gasteiger partial charge is 0.398 e. The fraction of sp³-hybridized carbons (Fsp3) is 0.0870. The molecule has 1 amide bonds. The summed E-state index contributed by atoms with van der Waals surface area (Å²) in [5.41, 5.74) is 7.20. The second-order valence-corrected chi connectivity index (χ2v) is 6.80. The van der Waals surface area contributed by atoms with Crippen LogP contribution in [0.3, 0.4) is 0 Å². The highest BCUT2D eigenvalue weighted by molar-refractivity contribution is 6.08. The maximum absolute atomic E-state index is 14.7. The van der Waals surface area contributed by atoms with E-state index in [1.807, 2.05) is 30.3 Å². The van der Waals surface area contributed by atoms with Gasteiger partial charge in [0.25, 0.3) is 5.91 Å². The predicted octanol–water partition coefficient (Wildman–Crippen LogP) is 4.45. The monoisotopic (exact) mass is 421 g/mol. The van der Waals surface area contributed by atoms with E-state index in [1.54, 1.807) is 0 Å². The maximum Gasteiger partial charge on any atom is 0.261 e. The average Bonchev–Trinajstić information content (AvgIpc) is 2.75. The third kappa shape index (κ3) is 4.58. The summed E-state index contributed by atoms with van der Waals surface area (Å²) in [7, 11) is 1.46. The Morgan fingerprint density at radius 1 is 1.13 bits per heavy atom. The van der Waals surface area contributed by atoms with Crippen LogP contribution in [0.25, 0.3) is 0 Å². The van der Waals surface area contributed by atoms with Gasteiger partial charge in [-0.3, -0.25) is 4.79 Å². The van der Waals surface area contributed by atoms with Gasteiger partial charge in [-0.05, 0) is 29.8 Å². The molecule has 6 nitrogen and oxygen atoms in total. The topological polar surface area (TPSA) is 115 Å². The van der Waals surface area contributed by atoms with Gasteiger partial charge in [0.15, 0.2) is 0 Å². The van der Waals surface area contributed by atoms with Crippen molar-refractivity contribution in [3.63, 3.8) is 0 Å². The van der Waals surface area contributed by atoms with E-state index in [9.17, 15) is 13.6 Å². The first-order chi connectivity index (χ1) is 14.8. The maximum atomic E-state index is 14.7. The van der Waals surface area contributed by atoms with Crippen LogP contribution in [0.15, 0.2) is 54.6 Å². The second-order valence-electron chi connectivity index (χ2n) is 6.80. The minimum Gasteiger partial charge on any atom is -0.398 e. The molecule has 0 aliphatic rings. The first-order valence-corrected chi connectivity index (χ1v) is 9.38. The van der Waals surface area contributed by atoms with Gasteiger partial charge in [0.2, 0.25) is 0 Å². The molecule has 0 unspecified atom stereocenters. The van der Waals surface area contributed by atoms with E-state index in [0.29, 0.717) is 23.9 Å². The molecule has 158 valence electrons. The third-order valence-electron chi connectivity index (χ3n) is 4.76. The number of halogens is 2. The van der Waals surface area contributed by atoms with Gasteiger partial charge in [0.1, 0.15) is 17.2 Å². The van der Waals surface area contributed by atoms with Crippen molar-refractivity contribution in [2.75, 3.05) is 23.4 Å². The standard InChI is InChI=1S/C23H21F2N5O/c1-29-20-11-17(24)21(22(25)16(20)12-26)23(31)30-14-7-8-18(27)15(10-14)19(28)9-13-5-3-2-4-6-13/h2-8,10-12,26,28-29H,9,27H2,1H3,(H,30,31). The summed E-state index contributed by atoms with van der Waals surface area (Å²) in [6.45, 7) is 0. The Morgan fingerprint density at radius 2 is 1.84 bits per heavy atom. The van der Waals surface area contributed by atoms with Gasteiger partial charge in [0.05, 0.1) is 5.56 Å². The van der Waals surface area contributed by atoms with Gasteiger partial charge in [-0.25, -0.2) is 8.78 Å². The molecule has 0 spiro atoms. The molecular weight excluding hydrogens is 400 g/mol. The first kappa shape index (κ1) is 21.6. The van der Waals surface area contributed by atoms with E-state index >= 15 is 0 Å². The van der Waals surface area contributed by atoms with Crippen molar-refractivity contribution in [2.45, 2.75) is 6.42 Å². The van der Waals surface area contributed by atoms with Crippen LogP contribution in [0.4, 0.5) is 25.8 Å². The van der Waals surface area contributed by atoms with Gasteiger partial charge in [-0.2, -0.15) is 0 Å². The molecule has 0 radical (unpaired) electrons. The Balaban J connectivity index is 1.89. The highest BCUT2D eigenvalue weighted by Gasteiger charge is 2.23. The summed E-state index contributed by atoms with van der Waals surface area (Å²) in [6, 6.07) is 14.8. The molecule has 0 atom stereocenters. The number of carbonyl (C=O) groups is 1. The van der Waals surface area contributed by atoms with Crippen molar-refractivity contribution in [1.29, 1.82) is 10.8 Å². The Kier molecular flexibility index (Phi) is 6.40. The first-order valence-electron chi connectivity index (χ1n) is 9.38. The Morgan fingerprint density at radius 3 is 2.48 bits per heavy atom. The van der Waals surface area contributed by atoms with Crippen LogP contribution in [0.1, 0.15) is 27.0 Å². The predicted molar refractivity (Wildman–Crippen MR) is 120 cm³/mol. The summed E-state index contributed by atoms with van der Waals surface area (Å²) in [5.74, 6) is -3.20. The van der Waals surface area contributed by atoms with E-state index in [2.05, 4.69) is 10.6 Å². The van der Waals surface area contributed by atoms with Gasteiger partial charge in [0, 0.05) is 48.0 Å². The molecule has 0 saturated heterocycles. The number of nitrogens with one attached hydrogen (secondary N) is 4. The van der Waals surface area contributed by atoms with Crippen LogP contribution in [0.5, 0.6) is 0 Å². The number of nitrogens with two attached hydrogens (primary N) is 1. The van der Waals surface area contributed by atoms with Crippen LogP contribution in [-0.4, -0.2) is 24.9 Å². The number of carbonyl (C=O) groups excluding carboxylic acids is 1. The molecular formula is C23H21F2N5O. The molecule has 0 aliphatic carbocycles. The van der Waals surface area contributed by atoms with Crippen LogP contribution < -0.4 is 16.4 Å². The summed E-state index contributed by atoms with van der Waals surface area (Å²) in [4.78, 5) is 12.6. The number of anilines is 3. The lowest BCUT2D eigenvalue weighted by Crippen LogP contribution is -2.18. The smallest absolute Gasteiger partial charge is 0.261 e. The van der Waals surface area contributed by atoms with E-state index in [0.717, 1.165) is 11.6 Å². The lowest BCUT2D eigenvalue weighted by atomic mass is 10.00. The second kappa shape index (κ2) is 9.17. The SMILES string of the molecule is CNc1cc(F)c(C(=O)Nc2ccc(N)c(C(=N)Cc3ccccc3)c2)c(F)c1C=N. The summed E-state index contributed by atoms with van der Waals surface area (Å²) in [5, 5.41) is 20.8. The molecule has 0 heterocycles. The summed E-state index contributed by atoms with van der Waals surface area (Å²) in [6.07, 6.45) is 1.05. The van der Waals surface area contributed by atoms with E-state index in [4.69, 9.17) is 16.6 Å². The number of rotatable bonds is 7. The molecule has 3 rings (SSSR count). The summed E-state index contributed by atoms with van der Waals surface area (Å²) >= 11 is 0. The van der Waals surface area contributed by atoms with E-state index < -0.39 is 23.1 Å². The minimum atomic E-state index is -1.13. The number of benzene rings is 3. The zero-order chi connectivity index (χ0) is 22.5. The Bertz CT molecular complexity index is 1160. The van der Waals surface area contributed by atoms with Crippen molar-refractivity contribution in [3.05, 3.63) is 88.5 Å². The highest BCUT2D eigenvalue weighted by Crippen LogP contribution is 2.26. The fourth-order valence-electron chi connectivity index (χ4n) is 3.17. The normalized spacial score (nSPS) is 10.4. The quantitative estimate of drug-likeness (QED) is 0.287. The van der Waals surface area contributed by atoms with E-state index in [-0.39, 0.29) is 22.6 Å². The van der Waals surface area contributed by atoms with Crippen LogP contribution in [0, 0.1) is 22.5 Å². The zero-order valence-electron chi connectivity index (χ0n) is 16.7. The molecule has 0 bridgehead atoms. The molecule has 0 aromatic heterocycles. The van der Waals surface area contributed by atoms with Crippen LogP contribution in [0.2, 0.25) is 0 Å². The fourth-order valence-corrected chi connectivity index (χ4v) is 3.17. The van der Waals surface area contributed by atoms with Gasteiger partial charge in [-0.1, -0.05) is 30.3 Å². The van der Waals surface area contributed by atoms with Gasteiger partial charge in [-0.15, -0.1) is 0 Å². The molecule has 3 aromatic rings. The number of hydrogen-bond acceptors (Lipinski definition) is 5. The van der Waals surface area contributed by atoms with Crippen molar-refractivity contribution < 1.29 is 13.6 Å². The number of amides is 1. The van der Waals surface area contributed by atoms with Crippen molar-refractivity contribution >= 4 is 34.9 Å². The number of nitrogen functional groups attached to an aromatic ring is 1. The van der Waals surface area contributed by atoms with Gasteiger partial charge < -0.3 is 27.2 Å². The molecule has 8 heteroatoms. The lowest BCUT2D eigenvalue weighted by molar-refractivity contribution is 0.101. The third-order valence-corrected chi connectivity index (χ3v) is 4.76. The Labute approximate surface area is 178 Å². The van der Waals surface area contributed by atoms with Crippen molar-refractivity contribution in [1.82, 2.24) is 0 Å². The summed E-state index contributed by atoms with van der Waals surface area (Å²) < 4.78 is 29.1. The zero-order valence-corrected chi connectivity index (χ0v) is 16.7. The lowest BCUT2D eigenvalue weighted by Gasteiger charge is -2.14. The molecule has 31 heavy (non-hydrogen) atoms. The van der Waals surface area contributed by atoms with Gasteiger partial charge >= 0.3 is 0 Å². The molecule has 0 saturated carbocycles. The molecule has 3 aromatic carbocycles. The average molecular weight is 421 g/mol. The highest BCUT2D eigenvalue weighted by atomic mass is 19.1. The van der Waals surface area contributed by atoms with Crippen LogP contribution in [-0.2, 0) is 6.42 Å². The molecule has 0 fully saturated rings. The minimum absolute atomic E-state index is 0.0608. The van der Waals surface area contributed by atoms with Crippen molar-refractivity contribution in [2.24, 2.45) is 0 Å². The molecule has 6 N–H and O–H groups in total. The number of hydrogen-bond donors (Lipinski definition) is 5. The Hall–Kier alpha value is -4.07. The van der Waals surface area contributed by atoms with E-state index in [1.165, 1.54) is 25.2 Å². The molecule has 0 aliphatic heterocycles. The van der Waals surface area contributed by atoms with Crippen LogP contribution >= 0.6 is 0 Å². The van der Waals surface area contributed by atoms with Crippen molar-refractivity contribution in [3.8, 4) is 0 Å².